The molecule has 0 amide bonds. The zero-order chi connectivity index (χ0) is 14.5. The van der Waals surface area contributed by atoms with E-state index < -0.39 is 11.6 Å². The highest BCUT2D eigenvalue weighted by atomic mass is 19.1. The van der Waals surface area contributed by atoms with Gasteiger partial charge in [0.25, 0.3) is 5.88 Å². The Labute approximate surface area is 111 Å². The Morgan fingerprint density at radius 1 is 1.35 bits per heavy atom. The normalized spacial score (nSPS) is 9.70. The van der Waals surface area contributed by atoms with Crippen molar-refractivity contribution in [2.75, 3.05) is 0 Å². The van der Waals surface area contributed by atoms with Crippen molar-refractivity contribution in [2.24, 2.45) is 0 Å². The second kappa shape index (κ2) is 5.77. The van der Waals surface area contributed by atoms with Gasteiger partial charge < -0.3 is 10.3 Å². The van der Waals surface area contributed by atoms with Gasteiger partial charge in [0.15, 0.2) is 11.6 Å². The van der Waals surface area contributed by atoms with E-state index in [0.717, 1.165) is 12.1 Å². The van der Waals surface area contributed by atoms with E-state index in [-0.39, 0.29) is 29.2 Å². The van der Waals surface area contributed by atoms with Crippen LogP contribution in [0.2, 0.25) is 0 Å². The SMILES string of the molecule is [N-]=[N+]=C(C=O)c1ccnnc1Oc1ccc(F)cc1F. The summed E-state index contributed by atoms with van der Waals surface area (Å²) < 4.78 is 31.4. The zero-order valence-corrected chi connectivity index (χ0v) is 9.83. The van der Waals surface area contributed by atoms with Crippen LogP contribution in [-0.4, -0.2) is 27.0 Å². The third kappa shape index (κ3) is 2.70. The van der Waals surface area contributed by atoms with Crippen molar-refractivity contribution >= 4 is 12.0 Å². The van der Waals surface area contributed by atoms with E-state index in [0.29, 0.717) is 6.07 Å². The first-order valence-electron chi connectivity index (χ1n) is 5.28. The maximum atomic E-state index is 13.5. The molecule has 0 radical (unpaired) electrons. The van der Waals surface area contributed by atoms with Crippen LogP contribution in [0.5, 0.6) is 11.6 Å². The van der Waals surface area contributed by atoms with Crippen molar-refractivity contribution in [3.05, 3.63) is 53.2 Å². The molecule has 6 nitrogen and oxygen atoms in total. The van der Waals surface area contributed by atoms with E-state index in [9.17, 15) is 13.6 Å². The molecule has 20 heavy (non-hydrogen) atoms. The topological polar surface area (TPSA) is 88.5 Å². The van der Waals surface area contributed by atoms with Crippen LogP contribution >= 0.6 is 0 Å². The fraction of sp³-hybridized carbons (Fsp3) is 0. The number of hydrogen-bond donors (Lipinski definition) is 0. The summed E-state index contributed by atoms with van der Waals surface area (Å²) >= 11 is 0. The predicted molar refractivity (Wildman–Crippen MR) is 62.3 cm³/mol. The lowest BCUT2D eigenvalue weighted by atomic mass is 10.2. The lowest BCUT2D eigenvalue weighted by Crippen LogP contribution is -2.08. The van der Waals surface area contributed by atoms with Gasteiger partial charge >= 0.3 is 5.71 Å². The molecule has 0 aliphatic carbocycles. The number of rotatable bonds is 4. The van der Waals surface area contributed by atoms with E-state index in [1.54, 1.807) is 0 Å². The number of carbonyl (C=O) groups is 1. The number of nitrogens with zero attached hydrogens (tertiary/aromatic N) is 4. The van der Waals surface area contributed by atoms with Crippen LogP contribution in [0.3, 0.4) is 0 Å². The van der Waals surface area contributed by atoms with E-state index >= 15 is 0 Å². The third-order valence-electron chi connectivity index (χ3n) is 2.28. The molecule has 0 bridgehead atoms. The number of halogens is 2. The number of ether oxygens (including phenoxy) is 1. The standard InChI is InChI=1S/C12H6F2N4O2/c13-7-1-2-11(9(14)5-7)20-12-8(3-4-16-18-12)10(6-19)17-15/h1-6H. The summed E-state index contributed by atoms with van der Waals surface area (Å²) in [7, 11) is 0. The highest BCUT2D eigenvalue weighted by Gasteiger charge is 2.20. The van der Waals surface area contributed by atoms with Gasteiger partial charge in [-0.3, -0.25) is 4.79 Å². The number of benzene rings is 1. The van der Waals surface area contributed by atoms with Gasteiger partial charge in [-0.05, 0) is 18.2 Å². The minimum absolute atomic E-state index is 0.0150. The van der Waals surface area contributed by atoms with Gasteiger partial charge in [-0.1, -0.05) is 0 Å². The number of aldehydes is 1. The molecule has 0 saturated carbocycles. The van der Waals surface area contributed by atoms with Crippen LogP contribution in [0.4, 0.5) is 8.78 Å². The molecule has 2 rings (SSSR count). The molecule has 100 valence electrons. The van der Waals surface area contributed by atoms with Gasteiger partial charge in [0, 0.05) is 6.07 Å². The average Bonchev–Trinajstić information content (AvgIpc) is 2.45. The fourth-order valence-electron chi connectivity index (χ4n) is 1.39. The summed E-state index contributed by atoms with van der Waals surface area (Å²) in [6, 6.07) is 3.98. The number of carbonyl (C=O) groups excluding carboxylic acids is 1. The molecule has 2 aromatic rings. The first-order valence-corrected chi connectivity index (χ1v) is 5.28. The first kappa shape index (κ1) is 13.4. The molecule has 1 aromatic carbocycles. The van der Waals surface area contributed by atoms with Crippen molar-refractivity contribution in [1.82, 2.24) is 10.2 Å². The summed E-state index contributed by atoms with van der Waals surface area (Å²) in [4.78, 5) is 13.5. The zero-order valence-electron chi connectivity index (χ0n) is 9.83. The molecule has 8 heteroatoms. The second-order valence-electron chi connectivity index (χ2n) is 3.53. The summed E-state index contributed by atoms with van der Waals surface area (Å²) in [5, 5.41) is 7.09. The first-order chi connectivity index (χ1) is 9.65. The minimum atomic E-state index is -0.949. The van der Waals surface area contributed by atoms with E-state index in [4.69, 9.17) is 10.3 Å². The smallest absolute Gasteiger partial charge is 0.367 e. The Morgan fingerprint density at radius 3 is 2.80 bits per heavy atom. The van der Waals surface area contributed by atoms with E-state index in [2.05, 4.69) is 15.0 Å². The van der Waals surface area contributed by atoms with Gasteiger partial charge in [0.1, 0.15) is 11.4 Å². The van der Waals surface area contributed by atoms with Gasteiger partial charge in [-0.25, -0.2) is 8.78 Å². The maximum absolute atomic E-state index is 13.5. The molecule has 0 spiro atoms. The highest BCUT2D eigenvalue weighted by Crippen LogP contribution is 2.25. The third-order valence-corrected chi connectivity index (χ3v) is 2.28. The number of hydrogen-bond acceptors (Lipinski definition) is 4. The van der Waals surface area contributed by atoms with Crippen LogP contribution in [0, 0.1) is 11.6 Å². The molecule has 0 saturated heterocycles. The molecule has 0 unspecified atom stereocenters. The summed E-state index contributed by atoms with van der Waals surface area (Å²) in [5.41, 5.74) is 8.34. The van der Waals surface area contributed by atoms with Crippen molar-refractivity contribution in [3.63, 3.8) is 0 Å². The Morgan fingerprint density at radius 2 is 2.15 bits per heavy atom. The molecular formula is C12H6F2N4O2. The highest BCUT2D eigenvalue weighted by molar-refractivity contribution is 6.34. The van der Waals surface area contributed by atoms with Crippen LogP contribution in [0.25, 0.3) is 5.53 Å². The average molecular weight is 276 g/mol. The van der Waals surface area contributed by atoms with Gasteiger partial charge in [-0.2, -0.15) is 9.89 Å². The molecule has 0 aliphatic heterocycles. The Hall–Kier alpha value is -2.99. The molecular weight excluding hydrogens is 270 g/mol. The minimum Gasteiger partial charge on any atom is -0.434 e. The molecule has 0 aliphatic rings. The van der Waals surface area contributed by atoms with E-state index in [1.165, 1.54) is 12.3 Å². The van der Waals surface area contributed by atoms with Gasteiger partial charge in [-0.15, -0.1) is 5.10 Å². The van der Waals surface area contributed by atoms with Crippen molar-refractivity contribution < 1.29 is 23.1 Å². The molecule has 0 fully saturated rings. The van der Waals surface area contributed by atoms with Gasteiger partial charge in [0.05, 0.1) is 6.20 Å². The summed E-state index contributed by atoms with van der Waals surface area (Å²) in [6.45, 7) is 0. The summed E-state index contributed by atoms with van der Waals surface area (Å²) in [6.07, 6.45) is 1.50. The molecule has 0 atom stereocenters. The molecule has 0 N–H and O–H groups in total. The van der Waals surface area contributed by atoms with Crippen LogP contribution in [-0.2, 0) is 4.79 Å². The number of aromatic nitrogens is 2. The van der Waals surface area contributed by atoms with Crippen molar-refractivity contribution in [1.29, 1.82) is 0 Å². The Balaban J connectivity index is 2.44. The van der Waals surface area contributed by atoms with Crippen LogP contribution in [0.1, 0.15) is 5.56 Å². The summed E-state index contributed by atoms with van der Waals surface area (Å²) in [5.74, 6) is -2.27. The quantitative estimate of drug-likeness (QED) is 0.368. The van der Waals surface area contributed by atoms with Crippen LogP contribution < -0.4 is 4.74 Å². The van der Waals surface area contributed by atoms with Crippen molar-refractivity contribution in [3.8, 4) is 11.6 Å². The fourth-order valence-corrected chi connectivity index (χ4v) is 1.39. The predicted octanol–water partition coefficient (Wildman–Crippen LogP) is 1.76. The molecule has 1 aromatic heterocycles. The molecule has 1 heterocycles. The lowest BCUT2D eigenvalue weighted by Gasteiger charge is -2.06. The Kier molecular flexibility index (Phi) is 3.88. The van der Waals surface area contributed by atoms with Crippen LogP contribution in [0.15, 0.2) is 30.5 Å². The lowest BCUT2D eigenvalue weighted by molar-refractivity contribution is -0.106. The van der Waals surface area contributed by atoms with E-state index in [1.807, 2.05) is 0 Å². The monoisotopic (exact) mass is 276 g/mol. The largest absolute Gasteiger partial charge is 0.434 e. The van der Waals surface area contributed by atoms with Crippen molar-refractivity contribution in [2.45, 2.75) is 0 Å². The van der Waals surface area contributed by atoms with Gasteiger partial charge in [0.2, 0.25) is 6.29 Å². The maximum Gasteiger partial charge on any atom is 0.367 e. The Bertz CT molecular complexity index is 714. The second-order valence-corrected chi connectivity index (χ2v) is 3.53.